The van der Waals surface area contributed by atoms with Gasteiger partial charge in [-0.25, -0.2) is 4.98 Å². The quantitative estimate of drug-likeness (QED) is 0.452. The molecule has 2 aromatic heterocycles. The predicted molar refractivity (Wildman–Crippen MR) is 122 cm³/mol. The van der Waals surface area contributed by atoms with Gasteiger partial charge in [-0.2, -0.15) is 0 Å². The summed E-state index contributed by atoms with van der Waals surface area (Å²) in [4.78, 5) is 33.9. The van der Waals surface area contributed by atoms with Crippen molar-refractivity contribution in [3.8, 4) is 0 Å². The topological polar surface area (TPSA) is 81.3 Å². The van der Waals surface area contributed by atoms with E-state index in [2.05, 4.69) is 11.9 Å². The van der Waals surface area contributed by atoms with Crippen molar-refractivity contribution < 1.29 is 4.92 Å². The minimum atomic E-state index is -0.390. The predicted octanol–water partition coefficient (Wildman–Crippen LogP) is 4.10. The summed E-state index contributed by atoms with van der Waals surface area (Å²) in [7, 11) is 2.12. The van der Waals surface area contributed by atoms with Crippen LogP contribution in [0.5, 0.6) is 0 Å². The van der Waals surface area contributed by atoms with Crippen molar-refractivity contribution in [2.24, 2.45) is 0 Å². The Bertz CT molecular complexity index is 1190. The van der Waals surface area contributed by atoms with E-state index in [1.54, 1.807) is 23.5 Å². The van der Waals surface area contributed by atoms with E-state index in [9.17, 15) is 14.9 Å². The highest BCUT2D eigenvalue weighted by atomic mass is 32.1. The maximum atomic E-state index is 13.8. The van der Waals surface area contributed by atoms with Gasteiger partial charge in [0.2, 0.25) is 0 Å². The molecule has 1 aliphatic carbocycles. The number of hydrogen-bond acceptors (Lipinski definition) is 6. The molecule has 31 heavy (non-hydrogen) atoms. The van der Waals surface area contributed by atoms with Gasteiger partial charge in [0.05, 0.1) is 10.3 Å². The number of hydrogen-bond donors (Lipinski definition) is 0. The molecule has 0 radical (unpaired) electrons. The van der Waals surface area contributed by atoms with Crippen LogP contribution < -0.4 is 5.56 Å². The van der Waals surface area contributed by atoms with Crippen molar-refractivity contribution in [2.75, 3.05) is 20.1 Å². The maximum Gasteiger partial charge on any atom is 0.269 e. The lowest BCUT2D eigenvalue weighted by atomic mass is 9.97. The van der Waals surface area contributed by atoms with Crippen LogP contribution in [-0.2, 0) is 19.3 Å². The molecule has 3 heterocycles. The van der Waals surface area contributed by atoms with Crippen LogP contribution in [0.1, 0.15) is 53.6 Å². The Morgan fingerprint density at radius 3 is 2.58 bits per heavy atom. The van der Waals surface area contributed by atoms with Gasteiger partial charge in [0.1, 0.15) is 10.7 Å². The van der Waals surface area contributed by atoms with Crippen LogP contribution in [0.4, 0.5) is 5.69 Å². The number of likely N-dealkylation sites (tertiary alicyclic amines) is 1. The monoisotopic (exact) mass is 438 g/mol. The maximum absolute atomic E-state index is 13.8. The van der Waals surface area contributed by atoms with Gasteiger partial charge in [0, 0.05) is 29.5 Å². The fraction of sp³-hybridized carbons (Fsp3) is 0.478. The van der Waals surface area contributed by atoms with Gasteiger partial charge < -0.3 is 4.90 Å². The van der Waals surface area contributed by atoms with Gasteiger partial charge in [0.15, 0.2) is 0 Å². The number of nitro benzene ring substituents is 1. The summed E-state index contributed by atoms with van der Waals surface area (Å²) in [6.07, 6.45) is 6.70. The molecule has 1 aliphatic heterocycles. The number of rotatable bonds is 4. The van der Waals surface area contributed by atoms with Gasteiger partial charge in [-0.05, 0) is 69.8 Å². The Labute approximate surface area is 184 Å². The summed E-state index contributed by atoms with van der Waals surface area (Å²) in [6.45, 7) is 1.93. The fourth-order valence-corrected chi connectivity index (χ4v) is 6.20. The molecule has 0 N–H and O–H groups in total. The van der Waals surface area contributed by atoms with Crippen molar-refractivity contribution >= 4 is 27.2 Å². The molecule has 2 aliphatic rings. The Kier molecular flexibility index (Phi) is 5.35. The second kappa shape index (κ2) is 8.16. The number of piperidine rings is 1. The molecule has 162 valence electrons. The molecule has 0 unspecified atom stereocenters. The van der Waals surface area contributed by atoms with Crippen molar-refractivity contribution in [1.82, 2.24) is 14.5 Å². The number of nitrogens with zero attached hydrogens (tertiary/aromatic N) is 4. The number of aromatic nitrogens is 2. The number of non-ortho nitro benzene ring substituents is 1. The third-order valence-corrected chi connectivity index (χ3v) is 7.84. The molecule has 0 atom stereocenters. The molecule has 1 saturated heterocycles. The molecule has 0 saturated carbocycles. The first kappa shape index (κ1) is 20.3. The zero-order chi connectivity index (χ0) is 21.5. The molecule has 8 heteroatoms. The third-order valence-electron chi connectivity index (χ3n) is 6.66. The van der Waals surface area contributed by atoms with Crippen molar-refractivity contribution in [1.29, 1.82) is 0 Å². The molecule has 3 aromatic rings. The number of benzene rings is 1. The van der Waals surface area contributed by atoms with Crippen molar-refractivity contribution in [2.45, 2.75) is 51.0 Å². The first-order valence-corrected chi connectivity index (χ1v) is 11.8. The van der Waals surface area contributed by atoms with Crippen molar-refractivity contribution in [3.05, 3.63) is 66.6 Å². The Balaban J connectivity index is 1.62. The standard InChI is InChI=1S/C23H26N4O3S/c1-25-12-10-16(11-13-25)26-20(14-15-6-8-17(9-7-15)27(29)30)24-22-21(23(26)28)18-4-2-3-5-19(18)31-22/h6-9,16H,2-5,10-14H2,1H3. The van der Waals surface area contributed by atoms with Crippen LogP contribution in [0.2, 0.25) is 0 Å². The number of nitro groups is 1. The van der Waals surface area contributed by atoms with Crippen LogP contribution in [-0.4, -0.2) is 39.5 Å². The molecule has 0 bridgehead atoms. The number of aryl methyl sites for hydroxylation is 2. The molecule has 7 nitrogen and oxygen atoms in total. The highest BCUT2D eigenvalue weighted by Crippen LogP contribution is 2.35. The molecular formula is C23H26N4O3S. The van der Waals surface area contributed by atoms with E-state index in [1.165, 1.54) is 29.0 Å². The smallest absolute Gasteiger partial charge is 0.269 e. The van der Waals surface area contributed by atoms with Gasteiger partial charge in [-0.15, -0.1) is 11.3 Å². The largest absolute Gasteiger partial charge is 0.306 e. The van der Waals surface area contributed by atoms with E-state index in [4.69, 9.17) is 4.98 Å². The normalized spacial score (nSPS) is 17.7. The third kappa shape index (κ3) is 3.78. The van der Waals surface area contributed by atoms with E-state index >= 15 is 0 Å². The lowest BCUT2D eigenvalue weighted by Crippen LogP contribution is -2.37. The van der Waals surface area contributed by atoms with Crippen LogP contribution >= 0.6 is 11.3 Å². The molecule has 1 aromatic carbocycles. The SMILES string of the molecule is CN1CCC(n2c(Cc3ccc([N+](=O)[O-])cc3)nc3sc4c(c3c2=O)CCCC4)CC1. The second-order valence-corrected chi connectivity index (χ2v) is 9.81. The van der Waals surface area contributed by atoms with Gasteiger partial charge in [-0.3, -0.25) is 19.5 Å². The summed E-state index contributed by atoms with van der Waals surface area (Å²) in [5.74, 6) is 0.777. The Morgan fingerprint density at radius 1 is 1.16 bits per heavy atom. The van der Waals surface area contributed by atoms with E-state index in [1.807, 2.05) is 4.57 Å². The van der Waals surface area contributed by atoms with Crippen molar-refractivity contribution in [3.63, 3.8) is 0 Å². The zero-order valence-corrected chi connectivity index (χ0v) is 18.5. The van der Waals surface area contributed by atoms with E-state index < -0.39 is 4.92 Å². The lowest BCUT2D eigenvalue weighted by Gasteiger charge is -2.31. The first-order chi connectivity index (χ1) is 15.0. The minimum Gasteiger partial charge on any atom is -0.306 e. The van der Waals surface area contributed by atoms with Crippen LogP contribution in [0.25, 0.3) is 10.2 Å². The summed E-state index contributed by atoms with van der Waals surface area (Å²) in [5, 5.41) is 11.8. The average Bonchev–Trinajstić information content (AvgIpc) is 3.14. The summed E-state index contributed by atoms with van der Waals surface area (Å²) < 4.78 is 1.96. The summed E-state index contributed by atoms with van der Waals surface area (Å²) in [5.41, 5.74) is 2.34. The minimum absolute atomic E-state index is 0.0748. The molecule has 0 spiro atoms. The van der Waals surface area contributed by atoms with Gasteiger partial charge in [-0.1, -0.05) is 12.1 Å². The van der Waals surface area contributed by atoms with E-state index in [0.717, 1.165) is 66.8 Å². The highest BCUT2D eigenvalue weighted by Gasteiger charge is 2.27. The average molecular weight is 439 g/mol. The van der Waals surface area contributed by atoms with E-state index in [0.29, 0.717) is 6.42 Å². The molecular weight excluding hydrogens is 412 g/mol. The molecule has 5 rings (SSSR count). The fourth-order valence-electron chi connectivity index (χ4n) is 4.93. The highest BCUT2D eigenvalue weighted by molar-refractivity contribution is 7.18. The number of thiophene rings is 1. The zero-order valence-electron chi connectivity index (χ0n) is 17.7. The second-order valence-electron chi connectivity index (χ2n) is 8.73. The van der Waals surface area contributed by atoms with Crippen LogP contribution in [0.15, 0.2) is 29.1 Å². The summed E-state index contributed by atoms with van der Waals surface area (Å²) in [6, 6.07) is 6.73. The molecule has 1 fully saturated rings. The Morgan fingerprint density at radius 2 is 1.87 bits per heavy atom. The summed E-state index contributed by atoms with van der Waals surface area (Å²) >= 11 is 1.68. The molecule has 0 amide bonds. The number of fused-ring (bicyclic) bond motifs is 3. The van der Waals surface area contributed by atoms with Gasteiger partial charge >= 0.3 is 0 Å². The first-order valence-electron chi connectivity index (χ1n) is 11.0. The van der Waals surface area contributed by atoms with Crippen LogP contribution in [0, 0.1) is 10.1 Å². The van der Waals surface area contributed by atoms with Gasteiger partial charge in [0.25, 0.3) is 11.2 Å². The van der Waals surface area contributed by atoms with Crippen LogP contribution in [0.3, 0.4) is 0 Å². The Hall–Kier alpha value is -2.58. The lowest BCUT2D eigenvalue weighted by molar-refractivity contribution is -0.384. The van der Waals surface area contributed by atoms with E-state index in [-0.39, 0.29) is 17.3 Å².